The Kier molecular flexibility index (Phi) is 4.46. The standard InChI is InChI=1S/C17H13ClN4O.ClH/c18-15-14-12-8-11(23-9-10-4-2-1-3-5-10)6-7-13(12)20-16(14)22-17(19)21-15;/h1-8H,9H2,(H3,19,20,21,22);1H. The summed E-state index contributed by atoms with van der Waals surface area (Å²) < 4.78 is 5.86. The van der Waals surface area contributed by atoms with Gasteiger partial charge in [0, 0.05) is 10.9 Å². The zero-order valence-corrected chi connectivity index (χ0v) is 14.1. The minimum absolute atomic E-state index is 0. The van der Waals surface area contributed by atoms with Crippen LogP contribution in [-0.4, -0.2) is 15.0 Å². The van der Waals surface area contributed by atoms with E-state index in [0.29, 0.717) is 17.4 Å². The summed E-state index contributed by atoms with van der Waals surface area (Å²) in [6, 6.07) is 15.8. The molecule has 24 heavy (non-hydrogen) atoms. The van der Waals surface area contributed by atoms with E-state index in [0.717, 1.165) is 27.6 Å². The van der Waals surface area contributed by atoms with E-state index in [1.807, 2.05) is 48.5 Å². The molecule has 0 atom stereocenters. The number of hydrogen-bond acceptors (Lipinski definition) is 4. The molecule has 0 unspecified atom stereocenters. The van der Waals surface area contributed by atoms with Crippen LogP contribution in [0.2, 0.25) is 5.15 Å². The van der Waals surface area contributed by atoms with Crippen molar-refractivity contribution in [3.05, 3.63) is 59.2 Å². The quantitative estimate of drug-likeness (QED) is 0.532. The van der Waals surface area contributed by atoms with Crippen molar-refractivity contribution in [2.45, 2.75) is 6.61 Å². The lowest BCUT2D eigenvalue weighted by Crippen LogP contribution is -1.95. The molecule has 5 nitrogen and oxygen atoms in total. The minimum atomic E-state index is 0. The van der Waals surface area contributed by atoms with Gasteiger partial charge in [-0.15, -0.1) is 12.4 Å². The molecule has 0 fully saturated rings. The van der Waals surface area contributed by atoms with Crippen molar-refractivity contribution in [1.29, 1.82) is 0 Å². The summed E-state index contributed by atoms with van der Waals surface area (Å²) in [7, 11) is 0. The number of fused-ring (bicyclic) bond motifs is 3. The average Bonchev–Trinajstić information content (AvgIpc) is 2.91. The van der Waals surface area contributed by atoms with Crippen molar-refractivity contribution < 1.29 is 4.74 Å². The van der Waals surface area contributed by atoms with E-state index in [9.17, 15) is 0 Å². The van der Waals surface area contributed by atoms with Gasteiger partial charge in [0.15, 0.2) is 0 Å². The van der Waals surface area contributed by atoms with E-state index >= 15 is 0 Å². The van der Waals surface area contributed by atoms with E-state index in [1.165, 1.54) is 0 Å². The molecule has 0 aliphatic heterocycles. The number of aromatic amines is 1. The molecule has 0 amide bonds. The molecule has 4 aromatic rings. The number of aromatic nitrogens is 3. The van der Waals surface area contributed by atoms with Gasteiger partial charge in [0.1, 0.15) is 23.2 Å². The fraction of sp³-hybridized carbons (Fsp3) is 0.0588. The molecule has 0 aliphatic carbocycles. The van der Waals surface area contributed by atoms with Gasteiger partial charge in [0.2, 0.25) is 5.95 Å². The lowest BCUT2D eigenvalue weighted by molar-refractivity contribution is 0.306. The molecule has 0 saturated carbocycles. The molecule has 3 N–H and O–H groups in total. The van der Waals surface area contributed by atoms with Crippen molar-refractivity contribution in [3.63, 3.8) is 0 Å². The van der Waals surface area contributed by atoms with Crippen LogP contribution >= 0.6 is 24.0 Å². The molecule has 0 spiro atoms. The number of ether oxygens (including phenoxy) is 1. The molecule has 0 aliphatic rings. The second-order valence-electron chi connectivity index (χ2n) is 5.20. The average molecular weight is 361 g/mol. The maximum absolute atomic E-state index is 6.22. The summed E-state index contributed by atoms with van der Waals surface area (Å²) in [5.74, 6) is 0.907. The summed E-state index contributed by atoms with van der Waals surface area (Å²) in [4.78, 5) is 11.4. The van der Waals surface area contributed by atoms with Gasteiger partial charge in [-0.25, -0.2) is 4.98 Å². The number of benzene rings is 2. The van der Waals surface area contributed by atoms with Crippen molar-refractivity contribution in [1.82, 2.24) is 15.0 Å². The van der Waals surface area contributed by atoms with Crippen LogP contribution in [0.5, 0.6) is 5.75 Å². The van der Waals surface area contributed by atoms with Crippen LogP contribution in [0.15, 0.2) is 48.5 Å². The predicted molar refractivity (Wildman–Crippen MR) is 98.8 cm³/mol. The highest BCUT2D eigenvalue weighted by atomic mass is 35.5. The minimum Gasteiger partial charge on any atom is -0.489 e. The Morgan fingerprint density at radius 2 is 1.88 bits per heavy atom. The highest BCUT2D eigenvalue weighted by Crippen LogP contribution is 2.32. The maximum atomic E-state index is 6.22. The lowest BCUT2D eigenvalue weighted by atomic mass is 10.2. The highest BCUT2D eigenvalue weighted by Gasteiger charge is 2.12. The van der Waals surface area contributed by atoms with Gasteiger partial charge in [-0.1, -0.05) is 41.9 Å². The summed E-state index contributed by atoms with van der Waals surface area (Å²) in [5.41, 5.74) is 8.28. The Bertz CT molecular complexity index is 1000. The first-order valence-corrected chi connectivity index (χ1v) is 7.50. The van der Waals surface area contributed by atoms with E-state index < -0.39 is 0 Å². The largest absolute Gasteiger partial charge is 0.489 e. The van der Waals surface area contributed by atoms with Crippen molar-refractivity contribution in [2.75, 3.05) is 5.73 Å². The van der Waals surface area contributed by atoms with Crippen molar-refractivity contribution in [3.8, 4) is 5.75 Å². The van der Waals surface area contributed by atoms with E-state index in [-0.39, 0.29) is 18.4 Å². The van der Waals surface area contributed by atoms with Gasteiger partial charge < -0.3 is 15.5 Å². The molecule has 0 saturated heterocycles. The summed E-state index contributed by atoms with van der Waals surface area (Å²) in [5, 5.41) is 2.00. The van der Waals surface area contributed by atoms with E-state index in [2.05, 4.69) is 15.0 Å². The monoisotopic (exact) mass is 360 g/mol. The Morgan fingerprint density at radius 1 is 1.08 bits per heavy atom. The van der Waals surface area contributed by atoms with Crippen LogP contribution in [0.1, 0.15) is 5.56 Å². The number of halogens is 2. The molecule has 122 valence electrons. The number of hydrogen-bond donors (Lipinski definition) is 2. The van der Waals surface area contributed by atoms with Crippen LogP contribution in [0.25, 0.3) is 21.9 Å². The van der Waals surface area contributed by atoms with E-state index in [1.54, 1.807) is 0 Å². The molecule has 0 radical (unpaired) electrons. The fourth-order valence-electron chi connectivity index (χ4n) is 2.58. The molecule has 2 aromatic heterocycles. The maximum Gasteiger partial charge on any atom is 0.223 e. The molecule has 7 heteroatoms. The normalized spacial score (nSPS) is 10.7. The van der Waals surface area contributed by atoms with Crippen LogP contribution < -0.4 is 10.5 Å². The van der Waals surface area contributed by atoms with Gasteiger partial charge in [-0.05, 0) is 23.8 Å². The number of anilines is 1. The molecular weight excluding hydrogens is 347 g/mol. The topological polar surface area (TPSA) is 76.8 Å². The predicted octanol–water partition coefficient (Wildman–Crippen LogP) is 4.35. The number of nitrogen functional groups attached to an aromatic ring is 1. The second-order valence-corrected chi connectivity index (χ2v) is 5.56. The third-order valence-electron chi connectivity index (χ3n) is 3.64. The van der Waals surface area contributed by atoms with Gasteiger partial charge in [0.25, 0.3) is 0 Å². The van der Waals surface area contributed by atoms with Gasteiger partial charge in [-0.2, -0.15) is 4.98 Å². The Balaban J connectivity index is 0.00000169. The smallest absolute Gasteiger partial charge is 0.223 e. The van der Waals surface area contributed by atoms with Gasteiger partial charge >= 0.3 is 0 Å². The van der Waals surface area contributed by atoms with E-state index in [4.69, 9.17) is 22.1 Å². The van der Waals surface area contributed by atoms with Crippen LogP contribution in [0.3, 0.4) is 0 Å². The third-order valence-corrected chi connectivity index (χ3v) is 3.92. The summed E-state index contributed by atoms with van der Waals surface area (Å²) in [6.45, 7) is 0.506. The first-order chi connectivity index (χ1) is 11.2. The fourth-order valence-corrected chi connectivity index (χ4v) is 2.85. The van der Waals surface area contributed by atoms with Crippen molar-refractivity contribution in [2.24, 2.45) is 0 Å². The number of nitrogens with zero attached hydrogens (tertiary/aromatic N) is 2. The molecular formula is C17H14Cl2N4O. The van der Waals surface area contributed by atoms with Gasteiger partial charge in [-0.3, -0.25) is 0 Å². The number of rotatable bonds is 3. The number of H-pyrrole nitrogens is 1. The Hall–Kier alpha value is -2.50. The zero-order chi connectivity index (χ0) is 15.8. The first kappa shape index (κ1) is 16.4. The molecule has 0 bridgehead atoms. The van der Waals surface area contributed by atoms with Crippen LogP contribution in [-0.2, 0) is 6.61 Å². The lowest BCUT2D eigenvalue weighted by Gasteiger charge is -2.06. The molecule has 2 heterocycles. The van der Waals surface area contributed by atoms with Gasteiger partial charge in [0.05, 0.1) is 5.39 Å². The Morgan fingerprint density at radius 3 is 2.67 bits per heavy atom. The van der Waals surface area contributed by atoms with Crippen molar-refractivity contribution >= 4 is 51.9 Å². The summed E-state index contributed by atoms with van der Waals surface area (Å²) in [6.07, 6.45) is 0. The first-order valence-electron chi connectivity index (χ1n) is 7.12. The number of nitrogens with two attached hydrogens (primary N) is 1. The highest BCUT2D eigenvalue weighted by molar-refractivity contribution is 6.36. The zero-order valence-electron chi connectivity index (χ0n) is 12.5. The third kappa shape index (κ3) is 2.96. The molecule has 4 rings (SSSR count). The Labute approximate surface area is 149 Å². The van der Waals surface area contributed by atoms with Crippen LogP contribution in [0.4, 0.5) is 5.95 Å². The summed E-state index contributed by atoms with van der Waals surface area (Å²) >= 11 is 6.22. The number of nitrogens with one attached hydrogen (secondary N) is 1. The SMILES string of the molecule is Cl.Nc1nc(Cl)c2c(n1)[nH]c1ccc(OCc3ccccc3)cc12. The second kappa shape index (κ2) is 6.55. The van der Waals surface area contributed by atoms with Crippen LogP contribution in [0, 0.1) is 0 Å². The molecule has 2 aromatic carbocycles.